The van der Waals surface area contributed by atoms with E-state index in [-0.39, 0.29) is 24.3 Å². The van der Waals surface area contributed by atoms with Crippen molar-refractivity contribution in [1.29, 1.82) is 0 Å². The number of carbonyl (C=O) groups excluding carboxylic acids is 5. The van der Waals surface area contributed by atoms with Crippen LogP contribution in [0.2, 0.25) is 0 Å². The van der Waals surface area contributed by atoms with Crippen LogP contribution in [0.25, 0.3) is 0 Å². The van der Waals surface area contributed by atoms with Crippen LogP contribution in [0.3, 0.4) is 0 Å². The first-order valence-electron chi connectivity index (χ1n) is 19.9. The van der Waals surface area contributed by atoms with Crippen molar-refractivity contribution in [2.45, 2.75) is 90.1 Å². The van der Waals surface area contributed by atoms with Crippen molar-refractivity contribution < 1.29 is 48.4 Å². The summed E-state index contributed by atoms with van der Waals surface area (Å²) in [7, 11) is 9.27. The number of hydrogen-bond acceptors (Lipinski definition) is 11. The highest BCUT2D eigenvalue weighted by Crippen LogP contribution is 2.22. The number of hydrogen-bond donors (Lipinski definition) is 3. The first kappa shape index (κ1) is 47.7. The maximum absolute atomic E-state index is 14.5. The Kier molecular flexibility index (Phi) is 18.2. The average molecular weight is 819 g/mol. The van der Waals surface area contributed by atoms with E-state index in [4.69, 9.17) is 14.2 Å². The zero-order valence-electron chi connectivity index (χ0n) is 36.0. The van der Waals surface area contributed by atoms with Gasteiger partial charge in [0.25, 0.3) is 5.91 Å². The van der Waals surface area contributed by atoms with E-state index in [0.29, 0.717) is 30.6 Å². The van der Waals surface area contributed by atoms with Gasteiger partial charge in [-0.05, 0) is 98.8 Å². The Morgan fingerprint density at radius 3 is 1.63 bits per heavy atom. The molecule has 0 bridgehead atoms. The van der Waals surface area contributed by atoms with Crippen LogP contribution in [0.5, 0.6) is 17.2 Å². The third-order valence-electron chi connectivity index (χ3n) is 10.8. The van der Waals surface area contributed by atoms with Crippen LogP contribution in [0, 0.1) is 11.8 Å². The van der Waals surface area contributed by atoms with Crippen LogP contribution >= 0.6 is 0 Å². The summed E-state index contributed by atoms with van der Waals surface area (Å²) >= 11 is 0. The second kappa shape index (κ2) is 22.5. The molecule has 3 aromatic carbocycles. The van der Waals surface area contributed by atoms with E-state index < -0.39 is 71.8 Å². The number of amides is 3. The van der Waals surface area contributed by atoms with Gasteiger partial charge in [0.1, 0.15) is 41.4 Å². The van der Waals surface area contributed by atoms with Gasteiger partial charge in [0.2, 0.25) is 11.8 Å². The molecule has 0 saturated carbocycles. The number of esters is 2. The molecule has 6 atom stereocenters. The fourth-order valence-electron chi connectivity index (χ4n) is 6.63. The van der Waals surface area contributed by atoms with E-state index >= 15 is 0 Å². The number of phenols is 2. The first-order valence-corrected chi connectivity index (χ1v) is 19.9. The largest absolute Gasteiger partial charge is 0.508 e. The molecule has 3 aromatic rings. The third kappa shape index (κ3) is 13.5. The number of carbonyl (C=O) groups is 5. The molecule has 0 fully saturated rings. The third-order valence-corrected chi connectivity index (χ3v) is 10.8. The Morgan fingerprint density at radius 1 is 0.661 bits per heavy atom. The molecule has 14 heteroatoms. The number of likely N-dealkylation sites (N-methyl/N-ethyl adjacent to an activating group) is 3. The Labute approximate surface area is 348 Å². The Balaban J connectivity index is 1.90. The molecule has 0 spiro atoms. The monoisotopic (exact) mass is 818 g/mol. The summed E-state index contributed by atoms with van der Waals surface area (Å²) in [5.74, 6) is -3.06. The van der Waals surface area contributed by atoms with Gasteiger partial charge in [0.05, 0.1) is 14.2 Å². The quantitative estimate of drug-likeness (QED) is 0.130. The van der Waals surface area contributed by atoms with Crippen molar-refractivity contribution in [2.75, 3.05) is 42.4 Å². The molecule has 3 amide bonds. The number of ether oxygens (including phenoxy) is 3. The highest BCUT2D eigenvalue weighted by Gasteiger charge is 2.40. The molecule has 0 saturated heterocycles. The predicted molar refractivity (Wildman–Crippen MR) is 224 cm³/mol. The Hall–Kier alpha value is -5.63. The van der Waals surface area contributed by atoms with Crippen LogP contribution in [0.4, 0.5) is 0 Å². The smallest absolute Gasteiger partial charge is 0.328 e. The molecule has 3 rings (SSSR count). The molecule has 59 heavy (non-hydrogen) atoms. The molecule has 0 aliphatic heterocycles. The van der Waals surface area contributed by atoms with Crippen LogP contribution < -0.4 is 10.1 Å². The minimum absolute atomic E-state index is 0.0174. The van der Waals surface area contributed by atoms with Gasteiger partial charge in [-0.2, -0.15) is 0 Å². The summed E-state index contributed by atoms with van der Waals surface area (Å²) in [4.78, 5) is 74.3. The summed E-state index contributed by atoms with van der Waals surface area (Å²) in [5.41, 5.74) is 2.33. The van der Waals surface area contributed by atoms with Crippen LogP contribution in [0.1, 0.15) is 57.2 Å². The molecule has 0 aromatic heterocycles. The number of methoxy groups -OCH3 is 2. The second-order valence-corrected chi connectivity index (χ2v) is 15.5. The van der Waals surface area contributed by atoms with Gasteiger partial charge in [-0.3, -0.25) is 24.1 Å². The van der Waals surface area contributed by atoms with Crippen molar-refractivity contribution in [3.8, 4) is 17.2 Å². The first-order chi connectivity index (χ1) is 27.9. The normalized spacial score (nSPS) is 14.3. The highest BCUT2D eigenvalue weighted by atomic mass is 16.6. The Bertz CT molecular complexity index is 1830. The molecule has 0 aliphatic carbocycles. The molecule has 0 heterocycles. The molecule has 1 unspecified atom stereocenters. The molecule has 0 aliphatic rings. The molecule has 14 nitrogen and oxygen atoms in total. The minimum Gasteiger partial charge on any atom is -0.508 e. The van der Waals surface area contributed by atoms with Gasteiger partial charge in [-0.25, -0.2) is 4.79 Å². The molecule has 322 valence electrons. The van der Waals surface area contributed by atoms with E-state index in [0.717, 1.165) is 11.1 Å². The van der Waals surface area contributed by atoms with Crippen LogP contribution in [0.15, 0.2) is 72.8 Å². The van der Waals surface area contributed by atoms with E-state index in [9.17, 15) is 34.2 Å². The fraction of sp³-hybridized carbons (Fsp3) is 0.489. The summed E-state index contributed by atoms with van der Waals surface area (Å²) in [6.07, 6.45) is 0.193. The second-order valence-electron chi connectivity index (χ2n) is 15.5. The van der Waals surface area contributed by atoms with Gasteiger partial charge in [-0.15, -0.1) is 0 Å². The molecule has 0 radical (unpaired) electrons. The van der Waals surface area contributed by atoms with Crippen LogP contribution in [-0.2, 0) is 52.7 Å². The summed E-state index contributed by atoms with van der Waals surface area (Å²) in [5, 5.41) is 22.5. The van der Waals surface area contributed by atoms with Gasteiger partial charge in [-0.1, -0.05) is 64.1 Å². The lowest BCUT2D eigenvalue weighted by molar-refractivity contribution is -0.164. The van der Waals surface area contributed by atoms with E-state index in [1.807, 2.05) is 19.1 Å². The minimum atomic E-state index is -1.22. The lowest BCUT2D eigenvalue weighted by Gasteiger charge is -2.36. The number of rotatable bonds is 21. The Morgan fingerprint density at radius 2 is 1.15 bits per heavy atom. The zero-order chi connectivity index (χ0) is 44.0. The molecular weight excluding hydrogens is 757 g/mol. The van der Waals surface area contributed by atoms with Gasteiger partial charge < -0.3 is 39.5 Å². The van der Waals surface area contributed by atoms with Crippen molar-refractivity contribution >= 4 is 29.7 Å². The molecular formula is C45H62N4O10. The van der Waals surface area contributed by atoms with E-state index in [1.165, 1.54) is 55.3 Å². The fourth-order valence-corrected chi connectivity index (χ4v) is 6.63. The SMILES string of the molecule is CC[C@@H](C)[C@H](OC(=O)[C@H](Cc1ccc(OC)cc1)N(C)C)C(=O)NC(C(=O)N(C)[C@H](Cc1ccc(O)cc1)C(=O)N(C)[C@H](CCc1ccc(O)cc1)C(=O)OC)C(C)C. The maximum atomic E-state index is 14.5. The lowest BCUT2D eigenvalue weighted by atomic mass is 9.96. The van der Waals surface area contributed by atoms with Crippen molar-refractivity contribution in [2.24, 2.45) is 11.8 Å². The van der Waals surface area contributed by atoms with Crippen molar-refractivity contribution in [3.05, 3.63) is 89.5 Å². The summed E-state index contributed by atoms with van der Waals surface area (Å²) < 4.78 is 16.3. The van der Waals surface area contributed by atoms with E-state index in [1.54, 1.807) is 83.3 Å². The number of nitrogens with one attached hydrogen (secondary N) is 1. The molecule has 3 N–H and O–H groups in total. The summed E-state index contributed by atoms with van der Waals surface area (Å²) in [6.45, 7) is 7.20. The van der Waals surface area contributed by atoms with Crippen molar-refractivity contribution in [3.63, 3.8) is 0 Å². The zero-order valence-corrected chi connectivity index (χ0v) is 36.0. The number of aromatic hydroxyl groups is 2. The van der Waals surface area contributed by atoms with Gasteiger partial charge in [0.15, 0.2) is 6.10 Å². The number of phenolic OH excluding ortho intramolecular Hbond substituents is 2. The standard InChI is InChI=1S/C45H62N4O10/c1-11-29(4)40(59-45(56)38(47(5)6)27-32-16-23-35(57-9)24-17-32)41(52)46-39(28(2)3)43(54)49(8)37(26-31-14-21-34(51)22-15-31)42(53)48(7)36(44(55)58-10)25-18-30-12-19-33(50)20-13-30/h12-17,19-24,28-29,36-40,50-51H,11,18,25-27H2,1-10H3,(H,46,52)/t29-,36-,37-,38+,39?,40+/m1/s1. The lowest BCUT2D eigenvalue weighted by Crippen LogP contribution is -2.59. The van der Waals surface area contributed by atoms with Crippen molar-refractivity contribution in [1.82, 2.24) is 20.0 Å². The predicted octanol–water partition coefficient (Wildman–Crippen LogP) is 4.38. The average Bonchev–Trinajstić information content (AvgIpc) is 3.22. The topological polar surface area (TPSA) is 175 Å². The number of nitrogens with zero attached hydrogens (tertiary/aromatic N) is 3. The highest BCUT2D eigenvalue weighted by molar-refractivity contribution is 5.95. The van der Waals surface area contributed by atoms with Crippen LogP contribution in [-0.4, -0.2) is 127 Å². The number of aryl methyl sites for hydroxylation is 1. The van der Waals surface area contributed by atoms with E-state index in [2.05, 4.69) is 5.32 Å². The van der Waals surface area contributed by atoms with Gasteiger partial charge in [0, 0.05) is 26.4 Å². The maximum Gasteiger partial charge on any atom is 0.328 e. The van der Waals surface area contributed by atoms with Gasteiger partial charge >= 0.3 is 11.9 Å². The summed E-state index contributed by atoms with van der Waals surface area (Å²) in [6, 6.07) is 16.1. The number of benzene rings is 3.